The summed E-state index contributed by atoms with van der Waals surface area (Å²) in [7, 11) is 1.63. The minimum atomic E-state index is -1.35. The Bertz CT molecular complexity index is 1020. The topological polar surface area (TPSA) is 87.9 Å². The maximum atomic E-state index is 12.9. The number of hydrogen-bond acceptors (Lipinski definition) is 5. The van der Waals surface area contributed by atoms with Crippen LogP contribution in [0.2, 0.25) is 10.2 Å². The van der Waals surface area contributed by atoms with E-state index < -0.39 is 11.9 Å². The van der Waals surface area contributed by atoms with Gasteiger partial charge in [0, 0.05) is 23.3 Å². The quantitative estimate of drug-likeness (QED) is 0.420. The van der Waals surface area contributed by atoms with Gasteiger partial charge in [-0.15, -0.1) is 5.10 Å². The summed E-state index contributed by atoms with van der Waals surface area (Å²) < 4.78 is 1.54. The first kappa shape index (κ1) is 22.2. The summed E-state index contributed by atoms with van der Waals surface area (Å²) in [4.78, 5) is 24.7. The van der Waals surface area contributed by atoms with Crippen LogP contribution >= 0.6 is 23.2 Å². The minimum Gasteiger partial charge on any atom is -0.549 e. The van der Waals surface area contributed by atoms with E-state index >= 15 is 0 Å². The van der Waals surface area contributed by atoms with Gasteiger partial charge in [-0.1, -0.05) is 23.2 Å². The fraction of sp³-hybridized carbons (Fsp3) is 0.158. The van der Waals surface area contributed by atoms with Crippen LogP contribution in [-0.2, 0) is 11.8 Å². The van der Waals surface area contributed by atoms with Crippen molar-refractivity contribution < 1.29 is 33.6 Å². The molecule has 0 amide bonds. The average molecular weight is 410 g/mol. The van der Waals surface area contributed by atoms with E-state index in [1.165, 1.54) is 12.1 Å². The summed E-state index contributed by atoms with van der Waals surface area (Å²) in [5.41, 5.74) is 2.00. The summed E-state index contributed by atoms with van der Waals surface area (Å²) in [6.45, 7) is 1.74. The molecule has 6 nitrogen and oxygen atoms in total. The summed E-state index contributed by atoms with van der Waals surface area (Å²) >= 11 is 11.6. The first-order valence-electron chi connectivity index (χ1n) is 7.96. The molecule has 0 aliphatic carbocycles. The minimum absolute atomic E-state index is 0. The number of hydrogen-bond donors (Lipinski definition) is 0. The molecule has 0 spiro atoms. The van der Waals surface area contributed by atoms with E-state index in [-0.39, 0.29) is 35.5 Å². The fourth-order valence-electron chi connectivity index (χ4n) is 3.00. The number of carboxylic acids is 1. The summed E-state index contributed by atoms with van der Waals surface area (Å²) in [5, 5.41) is 20.0. The molecular weight excluding hydrogens is 396 g/mol. The zero-order valence-electron chi connectivity index (χ0n) is 15.4. The zero-order valence-corrected chi connectivity index (χ0v) is 17.0. The molecule has 3 aromatic rings. The van der Waals surface area contributed by atoms with Crippen LogP contribution in [-0.4, -0.2) is 26.5 Å². The van der Waals surface area contributed by atoms with Crippen LogP contribution in [0.15, 0.2) is 42.5 Å². The molecule has 3 rings (SSSR count). The number of carbonyl (C=O) groups excluding carboxylic acids is 2. The van der Waals surface area contributed by atoms with E-state index in [0.29, 0.717) is 27.5 Å². The molecule has 2 aromatic heterocycles. The summed E-state index contributed by atoms with van der Waals surface area (Å²) in [5.74, 6) is -2.78. The molecule has 1 aromatic carbocycles. The van der Waals surface area contributed by atoms with Crippen LogP contribution in [0.5, 0.6) is 0 Å². The molecule has 2 heterocycles. The van der Waals surface area contributed by atoms with Crippen molar-refractivity contribution in [3.8, 4) is 0 Å². The monoisotopic (exact) mass is 409 g/mol. The number of carboxylic acid groups (broad SMARTS) is 1. The Hall–Kier alpha value is -2.10. The first-order valence-corrected chi connectivity index (χ1v) is 8.71. The third kappa shape index (κ3) is 4.31. The smallest absolute Gasteiger partial charge is 0.549 e. The maximum Gasteiger partial charge on any atom is 1.00 e. The molecule has 1 unspecified atom stereocenters. The Morgan fingerprint density at radius 2 is 1.71 bits per heavy atom. The van der Waals surface area contributed by atoms with Gasteiger partial charge in [0.05, 0.1) is 23.3 Å². The maximum absolute atomic E-state index is 12.9. The number of carbonyl (C=O) groups is 2. The van der Waals surface area contributed by atoms with Gasteiger partial charge in [0.1, 0.15) is 0 Å². The average Bonchev–Trinajstić information content (AvgIpc) is 2.91. The largest absolute Gasteiger partial charge is 1.00 e. The molecule has 0 saturated carbocycles. The molecule has 0 N–H and O–H groups in total. The van der Waals surface area contributed by atoms with Crippen LogP contribution in [0.1, 0.15) is 38.9 Å². The van der Waals surface area contributed by atoms with E-state index in [0.717, 1.165) is 0 Å². The van der Waals surface area contributed by atoms with Gasteiger partial charge in [-0.3, -0.25) is 4.79 Å². The Balaban J connectivity index is 0.00000280. The number of aryl methyl sites for hydroxylation is 1. The number of nitrogens with zero attached hydrogens (tertiary/aromatic N) is 3. The van der Waals surface area contributed by atoms with Crippen LogP contribution in [0.4, 0.5) is 0 Å². The van der Waals surface area contributed by atoms with Crippen LogP contribution in [0.25, 0.3) is 0 Å². The third-order valence-electron chi connectivity index (χ3n) is 4.26. The molecule has 0 bridgehead atoms. The number of rotatable bonds is 5. The van der Waals surface area contributed by atoms with Crippen LogP contribution in [0, 0.1) is 6.92 Å². The molecule has 0 fully saturated rings. The van der Waals surface area contributed by atoms with Crippen molar-refractivity contribution in [1.82, 2.24) is 14.8 Å². The van der Waals surface area contributed by atoms with Crippen LogP contribution in [0.3, 0.4) is 0 Å². The second kappa shape index (κ2) is 8.93. The van der Waals surface area contributed by atoms with Gasteiger partial charge in [0.2, 0.25) is 5.78 Å². The van der Waals surface area contributed by atoms with Crippen molar-refractivity contribution in [3.63, 3.8) is 0 Å². The molecule has 1 atom stereocenters. The number of ketones is 1. The Morgan fingerprint density at radius 1 is 1.07 bits per heavy atom. The zero-order chi connectivity index (χ0) is 19.7. The summed E-state index contributed by atoms with van der Waals surface area (Å²) in [6.07, 6.45) is 0. The predicted octanol–water partition coefficient (Wildman–Crippen LogP) is -0.453. The molecule has 0 saturated heterocycles. The van der Waals surface area contributed by atoms with Crippen molar-refractivity contribution in [2.24, 2.45) is 7.05 Å². The van der Waals surface area contributed by atoms with E-state index in [2.05, 4.69) is 10.2 Å². The second-order valence-electron chi connectivity index (χ2n) is 6.03. The standard InChI is InChI=1S/C19H15Cl2N3O3.Li/c1-10-9-14(16(19(26)27)13-7-8-15(21)23-22-13)24(2)17(10)18(25)11-3-5-12(20)6-4-11;/h3-9,16H,1-2H3,(H,26,27);/q;+1/p-1. The predicted molar refractivity (Wildman–Crippen MR) is 98.9 cm³/mol. The fourth-order valence-corrected chi connectivity index (χ4v) is 3.23. The van der Waals surface area contributed by atoms with Crippen molar-refractivity contribution in [1.29, 1.82) is 0 Å². The van der Waals surface area contributed by atoms with Crippen molar-refractivity contribution in [3.05, 3.63) is 80.8 Å². The van der Waals surface area contributed by atoms with Gasteiger partial charge in [0.25, 0.3) is 0 Å². The first-order chi connectivity index (χ1) is 12.8. The molecule has 0 radical (unpaired) electrons. The van der Waals surface area contributed by atoms with E-state index in [9.17, 15) is 14.7 Å². The van der Waals surface area contributed by atoms with Gasteiger partial charge in [-0.2, -0.15) is 5.10 Å². The van der Waals surface area contributed by atoms with Crippen molar-refractivity contribution in [2.75, 3.05) is 0 Å². The number of aliphatic carboxylic acids is 1. The van der Waals surface area contributed by atoms with Gasteiger partial charge in [-0.05, 0) is 55.0 Å². The van der Waals surface area contributed by atoms with E-state index in [1.807, 2.05) is 0 Å². The molecule has 28 heavy (non-hydrogen) atoms. The number of benzene rings is 1. The van der Waals surface area contributed by atoms with Crippen molar-refractivity contribution in [2.45, 2.75) is 12.8 Å². The second-order valence-corrected chi connectivity index (χ2v) is 6.85. The van der Waals surface area contributed by atoms with E-state index in [4.69, 9.17) is 23.2 Å². The van der Waals surface area contributed by atoms with Gasteiger partial charge >= 0.3 is 18.9 Å². The normalized spacial score (nSPS) is 11.6. The molecule has 0 aliphatic heterocycles. The Kier molecular flexibility index (Phi) is 7.08. The van der Waals surface area contributed by atoms with Gasteiger partial charge in [-0.25, -0.2) is 0 Å². The SMILES string of the molecule is Cc1cc(C(C(=O)[O-])c2ccc(Cl)nn2)n(C)c1C(=O)c1ccc(Cl)cc1.[Li+]. The molecule has 0 aliphatic rings. The third-order valence-corrected chi connectivity index (χ3v) is 4.72. The van der Waals surface area contributed by atoms with Gasteiger partial charge in [0.15, 0.2) is 5.15 Å². The summed E-state index contributed by atoms with van der Waals surface area (Å²) in [6, 6.07) is 11.1. The Labute approximate surface area is 183 Å². The van der Waals surface area contributed by atoms with Crippen LogP contribution < -0.4 is 24.0 Å². The van der Waals surface area contributed by atoms with Crippen molar-refractivity contribution >= 4 is 35.0 Å². The Morgan fingerprint density at radius 3 is 2.25 bits per heavy atom. The molecule has 138 valence electrons. The van der Waals surface area contributed by atoms with Gasteiger partial charge < -0.3 is 14.5 Å². The molecule has 9 heteroatoms. The van der Waals surface area contributed by atoms with E-state index in [1.54, 1.807) is 48.9 Å². The molecular formula is C19H14Cl2LiN3O3. The number of halogens is 2. The number of aromatic nitrogens is 3.